The molecule has 0 saturated carbocycles. The molecule has 2 N–H and O–H groups in total. The van der Waals surface area contributed by atoms with Crippen molar-refractivity contribution >= 4 is 17.6 Å². The summed E-state index contributed by atoms with van der Waals surface area (Å²) >= 11 is 6.18. The van der Waals surface area contributed by atoms with Crippen LogP contribution >= 0.6 is 11.6 Å². The van der Waals surface area contributed by atoms with Crippen LogP contribution in [0.3, 0.4) is 0 Å². The lowest BCUT2D eigenvalue weighted by Crippen LogP contribution is -2.43. The predicted molar refractivity (Wildman–Crippen MR) is 94.5 cm³/mol. The molecule has 1 aliphatic rings. The topological polar surface area (TPSA) is 39.7 Å². The van der Waals surface area contributed by atoms with Gasteiger partial charge in [0, 0.05) is 24.7 Å². The summed E-state index contributed by atoms with van der Waals surface area (Å²) in [7, 11) is 2.20. The van der Waals surface area contributed by atoms with E-state index in [0.717, 1.165) is 36.2 Å². The highest BCUT2D eigenvalue weighted by atomic mass is 35.5. The number of rotatable bonds is 5. The smallest absolute Gasteiger partial charge is 0.191 e. The van der Waals surface area contributed by atoms with E-state index in [1.807, 2.05) is 24.3 Å². The number of aliphatic imine (C=N–C) groups is 1. The van der Waals surface area contributed by atoms with Crippen LogP contribution in [0.2, 0.25) is 5.02 Å². The van der Waals surface area contributed by atoms with Crippen molar-refractivity contribution < 1.29 is 0 Å². The van der Waals surface area contributed by atoms with Crippen molar-refractivity contribution in [2.45, 2.75) is 26.3 Å². The molecule has 0 amide bonds. The zero-order chi connectivity index (χ0) is 15.8. The van der Waals surface area contributed by atoms with Gasteiger partial charge in [0.25, 0.3) is 0 Å². The van der Waals surface area contributed by atoms with E-state index in [1.54, 1.807) is 0 Å². The van der Waals surface area contributed by atoms with Crippen LogP contribution in [0.15, 0.2) is 29.3 Å². The lowest BCUT2D eigenvalue weighted by molar-refractivity contribution is 0.210. The van der Waals surface area contributed by atoms with Crippen LogP contribution in [-0.4, -0.2) is 44.1 Å². The van der Waals surface area contributed by atoms with E-state index < -0.39 is 0 Å². The monoisotopic (exact) mass is 322 g/mol. The highest BCUT2D eigenvalue weighted by Gasteiger charge is 2.17. The minimum absolute atomic E-state index is 0.597. The van der Waals surface area contributed by atoms with E-state index in [9.17, 15) is 0 Å². The Morgan fingerprint density at radius 1 is 1.36 bits per heavy atom. The number of hydrogen-bond donors (Lipinski definition) is 2. The fraction of sp³-hybridized carbons (Fsp3) is 0.588. The Balaban J connectivity index is 1.88. The van der Waals surface area contributed by atoms with Crippen LogP contribution in [0, 0.1) is 5.92 Å². The van der Waals surface area contributed by atoms with E-state index >= 15 is 0 Å². The van der Waals surface area contributed by atoms with Gasteiger partial charge in [-0.05, 0) is 50.9 Å². The molecular weight excluding hydrogens is 296 g/mol. The molecular formula is C17H27ClN4. The van der Waals surface area contributed by atoms with Gasteiger partial charge in [0.15, 0.2) is 5.96 Å². The van der Waals surface area contributed by atoms with Crippen LogP contribution in [0.1, 0.15) is 25.3 Å². The van der Waals surface area contributed by atoms with Crippen LogP contribution < -0.4 is 10.6 Å². The molecule has 5 heteroatoms. The third-order valence-electron chi connectivity index (χ3n) is 3.99. The molecule has 0 spiro atoms. The first-order chi connectivity index (χ1) is 10.7. The first-order valence-electron chi connectivity index (χ1n) is 8.13. The molecule has 1 aromatic carbocycles. The summed E-state index contributed by atoms with van der Waals surface area (Å²) in [5, 5.41) is 7.55. The number of guanidine groups is 1. The van der Waals surface area contributed by atoms with Crippen molar-refractivity contribution in [3.05, 3.63) is 34.9 Å². The Morgan fingerprint density at radius 2 is 2.18 bits per heavy atom. The maximum atomic E-state index is 6.18. The quantitative estimate of drug-likeness (QED) is 0.647. The molecule has 0 aliphatic carbocycles. The van der Waals surface area contributed by atoms with Gasteiger partial charge in [0.2, 0.25) is 0 Å². The first kappa shape index (κ1) is 17.1. The number of nitrogens with one attached hydrogen (secondary N) is 2. The minimum atomic E-state index is 0.597. The second kappa shape index (κ2) is 9.01. The molecule has 22 heavy (non-hydrogen) atoms. The maximum Gasteiger partial charge on any atom is 0.191 e. The van der Waals surface area contributed by atoms with Gasteiger partial charge in [0.05, 0.1) is 6.54 Å². The van der Waals surface area contributed by atoms with E-state index in [0.29, 0.717) is 12.5 Å². The molecule has 0 bridgehead atoms. The third-order valence-corrected chi connectivity index (χ3v) is 4.36. The van der Waals surface area contributed by atoms with E-state index in [4.69, 9.17) is 11.6 Å². The SMILES string of the molecule is CCNC(=NCc1ccccc1Cl)NCC1CCCN(C)C1. The van der Waals surface area contributed by atoms with Crippen LogP contribution in [0.5, 0.6) is 0 Å². The Labute approximate surface area is 138 Å². The largest absolute Gasteiger partial charge is 0.357 e. The second-order valence-corrected chi connectivity index (χ2v) is 6.35. The number of halogens is 1. The predicted octanol–water partition coefficient (Wildman–Crippen LogP) is 2.74. The van der Waals surface area contributed by atoms with Gasteiger partial charge in [0.1, 0.15) is 0 Å². The molecule has 1 aromatic rings. The summed E-state index contributed by atoms with van der Waals surface area (Å²) in [6.45, 7) is 6.90. The lowest BCUT2D eigenvalue weighted by atomic mass is 9.99. The fourth-order valence-electron chi connectivity index (χ4n) is 2.81. The number of benzene rings is 1. The van der Waals surface area contributed by atoms with Crippen molar-refractivity contribution in [3.63, 3.8) is 0 Å². The molecule has 1 heterocycles. The highest BCUT2D eigenvalue weighted by Crippen LogP contribution is 2.16. The number of piperidine rings is 1. The Kier molecular flexibility index (Phi) is 7.00. The third kappa shape index (κ3) is 5.50. The molecule has 2 rings (SSSR count). The number of hydrogen-bond acceptors (Lipinski definition) is 2. The van der Waals surface area contributed by atoms with Gasteiger partial charge >= 0.3 is 0 Å². The Morgan fingerprint density at radius 3 is 2.91 bits per heavy atom. The van der Waals surface area contributed by atoms with Crippen molar-refractivity contribution in [1.82, 2.24) is 15.5 Å². The standard InChI is InChI=1S/C17H27ClN4/c1-3-19-17(20-11-14-7-6-10-22(2)13-14)21-12-15-8-4-5-9-16(15)18/h4-5,8-9,14H,3,6-7,10-13H2,1-2H3,(H2,19,20,21). The molecule has 1 fully saturated rings. The molecule has 1 aliphatic heterocycles. The molecule has 0 aromatic heterocycles. The van der Waals surface area contributed by atoms with Crippen molar-refractivity contribution in [3.8, 4) is 0 Å². The van der Waals surface area contributed by atoms with Crippen molar-refractivity contribution in [2.75, 3.05) is 33.2 Å². The van der Waals surface area contributed by atoms with Gasteiger partial charge in [-0.15, -0.1) is 0 Å². The normalized spacial score (nSPS) is 20.0. The molecule has 122 valence electrons. The summed E-state index contributed by atoms with van der Waals surface area (Å²) in [6, 6.07) is 7.86. The molecule has 1 unspecified atom stereocenters. The minimum Gasteiger partial charge on any atom is -0.357 e. The van der Waals surface area contributed by atoms with Gasteiger partial charge in [-0.2, -0.15) is 0 Å². The number of nitrogens with zero attached hydrogens (tertiary/aromatic N) is 2. The average molecular weight is 323 g/mol. The summed E-state index contributed by atoms with van der Waals surface area (Å²) < 4.78 is 0. The maximum absolute atomic E-state index is 6.18. The Bertz CT molecular complexity index is 489. The second-order valence-electron chi connectivity index (χ2n) is 5.94. The molecule has 1 saturated heterocycles. The molecule has 1 atom stereocenters. The first-order valence-corrected chi connectivity index (χ1v) is 8.51. The summed E-state index contributed by atoms with van der Waals surface area (Å²) in [5.74, 6) is 1.57. The summed E-state index contributed by atoms with van der Waals surface area (Å²) in [5.41, 5.74) is 1.05. The Hall–Kier alpha value is -1.26. The van der Waals surface area contributed by atoms with Crippen LogP contribution in [0.4, 0.5) is 0 Å². The molecule has 0 radical (unpaired) electrons. The van der Waals surface area contributed by atoms with E-state index in [-0.39, 0.29) is 0 Å². The van der Waals surface area contributed by atoms with E-state index in [2.05, 4.69) is 34.5 Å². The zero-order valence-electron chi connectivity index (χ0n) is 13.6. The van der Waals surface area contributed by atoms with Crippen molar-refractivity contribution in [1.29, 1.82) is 0 Å². The summed E-state index contributed by atoms with van der Waals surface area (Å²) in [4.78, 5) is 7.05. The molecule has 4 nitrogen and oxygen atoms in total. The van der Waals surface area contributed by atoms with Gasteiger partial charge in [-0.1, -0.05) is 29.8 Å². The van der Waals surface area contributed by atoms with Gasteiger partial charge < -0.3 is 15.5 Å². The van der Waals surface area contributed by atoms with Crippen LogP contribution in [-0.2, 0) is 6.54 Å². The van der Waals surface area contributed by atoms with Crippen molar-refractivity contribution in [2.24, 2.45) is 10.9 Å². The number of likely N-dealkylation sites (tertiary alicyclic amines) is 1. The highest BCUT2D eigenvalue weighted by molar-refractivity contribution is 6.31. The average Bonchev–Trinajstić information content (AvgIpc) is 2.51. The summed E-state index contributed by atoms with van der Waals surface area (Å²) in [6.07, 6.45) is 2.58. The van der Waals surface area contributed by atoms with Gasteiger partial charge in [-0.3, -0.25) is 0 Å². The fourth-order valence-corrected chi connectivity index (χ4v) is 3.01. The zero-order valence-corrected chi connectivity index (χ0v) is 14.4. The van der Waals surface area contributed by atoms with E-state index in [1.165, 1.54) is 19.4 Å². The lowest BCUT2D eigenvalue weighted by Gasteiger charge is -2.30. The van der Waals surface area contributed by atoms with Gasteiger partial charge in [-0.25, -0.2) is 4.99 Å². The van der Waals surface area contributed by atoms with Crippen LogP contribution in [0.25, 0.3) is 0 Å².